The van der Waals surface area contributed by atoms with Gasteiger partial charge < -0.3 is 25.3 Å². The molecule has 270 valence electrons. The van der Waals surface area contributed by atoms with Crippen LogP contribution in [0.2, 0.25) is 5.02 Å². The Balaban J connectivity index is 1.46. The highest BCUT2D eigenvalue weighted by Gasteiger charge is 2.41. The number of halogens is 2. The fourth-order valence-electron chi connectivity index (χ4n) is 6.97. The zero-order chi connectivity index (χ0) is 36.0. The summed E-state index contributed by atoms with van der Waals surface area (Å²) in [6.45, 7) is 3.51. The molecule has 3 heterocycles. The number of rotatable bonds is 11. The summed E-state index contributed by atoms with van der Waals surface area (Å²) in [4.78, 5) is 32.5. The minimum absolute atomic E-state index is 0.0000753. The monoisotopic (exact) mass is 731 g/mol. The van der Waals surface area contributed by atoms with E-state index in [-0.39, 0.29) is 34.9 Å². The Morgan fingerprint density at radius 3 is 2.42 bits per heavy atom. The molecular weight excluding hydrogens is 689 g/mol. The predicted molar refractivity (Wildman–Crippen MR) is 186 cm³/mol. The van der Waals surface area contributed by atoms with Gasteiger partial charge in [0.15, 0.2) is 0 Å². The van der Waals surface area contributed by atoms with E-state index in [0.717, 1.165) is 23.8 Å². The largest absolute Gasteiger partial charge is 0.497 e. The Hall–Kier alpha value is -3.66. The van der Waals surface area contributed by atoms with Crippen molar-refractivity contribution < 1.29 is 36.6 Å². The molecule has 50 heavy (non-hydrogen) atoms. The SMILES string of the molecule is COC(=O)N(C(=O)[C@@H](N)[C@@H](c1ccc(Cl)cc1)C1CCOCC1)c1cncc(F)c1CC[C@H]1CNC[C@H](C)N1S(=O)(=O)c1ccc(OC)cc1. The molecule has 2 aliphatic heterocycles. The van der Waals surface area contributed by atoms with E-state index < -0.39 is 51.9 Å². The molecule has 12 nitrogen and oxygen atoms in total. The van der Waals surface area contributed by atoms with Crippen LogP contribution in [0.1, 0.15) is 43.2 Å². The van der Waals surface area contributed by atoms with Gasteiger partial charge in [-0.25, -0.2) is 22.5 Å². The normalized spacial score (nSPS) is 20.1. The quantitative estimate of drug-likeness (QED) is 0.288. The van der Waals surface area contributed by atoms with Crippen LogP contribution in [-0.2, 0) is 30.7 Å². The summed E-state index contributed by atoms with van der Waals surface area (Å²) in [6.07, 6.45) is 2.56. The number of amides is 2. The van der Waals surface area contributed by atoms with Crippen LogP contribution >= 0.6 is 11.6 Å². The molecular formula is C35H43ClFN5O7S. The number of carbonyl (C=O) groups excluding carboxylic acids is 2. The van der Waals surface area contributed by atoms with Gasteiger partial charge in [-0.05, 0) is 80.5 Å². The molecule has 15 heteroatoms. The summed E-state index contributed by atoms with van der Waals surface area (Å²) in [5.74, 6) is -1.61. The molecule has 4 atom stereocenters. The topological polar surface area (TPSA) is 153 Å². The van der Waals surface area contributed by atoms with Gasteiger partial charge in [-0.1, -0.05) is 23.7 Å². The van der Waals surface area contributed by atoms with E-state index in [0.29, 0.717) is 49.9 Å². The van der Waals surface area contributed by atoms with Gasteiger partial charge in [-0.15, -0.1) is 0 Å². The summed E-state index contributed by atoms with van der Waals surface area (Å²) in [6, 6.07) is 10.9. The zero-order valence-electron chi connectivity index (χ0n) is 28.3. The first kappa shape index (κ1) is 37.6. The van der Waals surface area contributed by atoms with Crippen molar-refractivity contribution in [2.75, 3.05) is 45.4 Å². The lowest BCUT2D eigenvalue weighted by Crippen LogP contribution is -2.58. The number of hydrogen-bond acceptors (Lipinski definition) is 10. The molecule has 5 rings (SSSR count). The van der Waals surface area contributed by atoms with E-state index in [1.54, 1.807) is 43.3 Å². The average molecular weight is 732 g/mol. The molecule has 0 saturated carbocycles. The van der Waals surface area contributed by atoms with Crippen molar-refractivity contribution >= 4 is 39.3 Å². The van der Waals surface area contributed by atoms with E-state index >= 15 is 4.39 Å². The number of nitrogens with two attached hydrogens (primary N) is 1. The number of nitrogens with one attached hydrogen (secondary N) is 1. The highest BCUT2D eigenvalue weighted by atomic mass is 35.5. The Labute approximate surface area is 297 Å². The van der Waals surface area contributed by atoms with Crippen LogP contribution in [0.3, 0.4) is 0 Å². The molecule has 3 aromatic rings. The smallest absolute Gasteiger partial charge is 0.421 e. The number of methoxy groups -OCH3 is 2. The van der Waals surface area contributed by atoms with Gasteiger partial charge in [0.25, 0.3) is 5.91 Å². The molecule has 2 saturated heterocycles. The third kappa shape index (κ3) is 8.11. The number of imide groups is 1. The van der Waals surface area contributed by atoms with Gasteiger partial charge in [0.05, 0.1) is 43.2 Å². The Morgan fingerprint density at radius 2 is 1.78 bits per heavy atom. The number of piperazine rings is 1. The highest BCUT2D eigenvalue weighted by molar-refractivity contribution is 7.89. The lowest BCUT2D eigenvalue weighted by Gasteiger charge is -2.40. The van der Waals surface area contributed by atoms with Gasteiger partial charge >= 0.3 is 6.09 Å². The van der Waals surface area contributed by atoms with Crippen LogP contribution in [0.25, 0.3) is 0 Å². The van der Waals surface area contributed by atoms with Gasteiger partial charge in [0.1, 0.15) is 11.6 Å². The lowest BCUT2D eigenvalue weighted by atomic mass is 9.76. The van der Waals surface area contributed by atoms with Crippen LogP contribution in [-0.4, -0.2) is 88.4 Å². The van der Waals surface area contributed by atoms with Crippen molar-refractivity contribution in [2.24, 2.45) is 11.7 Å². The fraction of sp³-hybridized carbons (Fsp3) is 0.457. The van der Waals surface area contributed by atoms with Crippen molar-refractivity contribution in [3.63, 3.8) is 0 Å². The fourth-order valence-corrected chi connectivity index (χ4v) is 8.94. The Kier molecular flexibility index (Phi) is 12.5. The minimum Gasteiger partial charge on any atom is -0.497 e. The summed E-state index contributed by atoms with van der Waals surface area (Å²) in [5, 5.41) is 3.78. The summed E-state index contributed by atoms with van der Waals surface area (Å²) >= 11 is 6.16. The number of benzene rings is 2. The van der Waals surface area contributed by atoms with E-state index in [1.807, 2.05) is 0 Å². The van der Waals surface area contributed by atoms with E-state index in [9.17, 15) is 18.0 Å². The predicted octanol–water partition coefficient (Wildman–Crippen LogP) is 4.50. The standard InChI is InChI=1S/C35H43ClFN5O7S/c1-22-18-39-19-26(42(22)50(45,46)28-11-9-27(47-2)10-12-28)8-13-29-30(37)20-40-21-31(29)41(35(44)48-3)34(43)33(38)32(24-14-16-49-17-15-24)23-4-6-25(36)7-5-23/h4-7,9-12,20-22,24,26,32-33,39H,8,13-19,38H2,1-3H3/t22-,26-,32-,33-/m0/s1. The lowest BCUT2D eigenvalue weighted by molar-refractivity contribution is -0.120. The van der Waals surface area contributed by atoms with Crippen LogP contribution in [0, 0.1) is 11.7 Å². The molecule has 1 aromatic heterocycles. The minimum atomic E-state index is -3.96. The van der Waals surface area contributed by atoms with Crippen LogP contribution in [0.4, 0.5) is 14.9 Å². The van der Waals surface area contributed by atoms with Crippen LogP contribution in [0.15, 0.2) is 65.8 Å². The van der Waals surface area contributed by atoms with Crippen molar-refractivity contribution in [1.29, 1.82) is 0 Å². The van der Waals surface area contributed by atoms with E-state index in [2.05, 4.69) is 10.3 Å². The number of sulfonamides is 1. The number of aromatic nitrogens is 1. The summed E-state index contributed by atoms with van der Waals surface area (Å²) in [5.41, 5.74) is 7.39. The molecule has 2 fully saturated rings. The number of anilines is 1. The van der Waals surface area contributed by atoms with E-state index in [1.165, 1.54) is 29.7 Å². The zero-order valence-corrected chi connectivity index (χ0v) is 29.8. The molecule has 3 N–H and O–H groups in total. The maximum absolute atomic E-state index is 15.7. The summed E-state index contributed by atoms with van der Waals surface area (Å²) in [7, 11) is -1.34. The van der Waals surface area contributed by atoms with Crippen LogP contribution < -0.4 is 20.7 Å². The van der Waals surface area contributed by atoms with Crippen molar-refractivity contribution in [3.05, 3.63) is 82.9 Å². The van der Waals surface area contributed by atoms with Crippen molar-refractivity contribution in [3.8, 4) is 5.75 Å². The number of hydrogen-bond donors (Lipinski definition) is 2. The third-order valence-electron chi connectivity index (χ3n) is 9.48. The number of carbonyl (C=O) groups is 2. The second kappa shape index (κ2) is 16.6. The highest BCUT2D eigenvalue weighted by Crippen LogP contribution is 2.37. The molecule has 0 radical (unpaired) electrons. The van der Waals surface area contributed by atoms with Crippen LogP contribution in [0.5, 0.6) is 5.75 Å². The van der Waals surface area contributed by atoms with Gasteiger partial charge in [-0.3, -0.25) is 9.78 Å². The molecule has 0 aliphatic carbocycles. The molecule has 2 amide bonds. The van der Waals surface area contributed by atoms with E-state index in [4.69, 9.17) is 31.5 Å². The maximum atomic E-state index is 15.7. The molecule has 0 spiro atoms. The van der Waals surface area contributed by atoms with Gasteiger partial charge in [0.2, 0.25) is 10.0 Å². The number of ether oxygens (including phenoxy) is 3. The first-order valence-corrected chi connectivity index (χ1v) is 18.3. The molecule has 2 aromatic carbocycles. The summed E-state index contributed by atoms with van der Waals surface area (Å²) < 4.78 is 60.8. The van der Waals surface area contributed by atoms with Gasteiger partial charge in [0, 0.05) is 54.9 Å². The Bertz CT molecular complexity index is 1740. The maximum Gasteiger partial charge on any atom is 0.421 e. The second-order valence-corrected chi connectivity index (χ2v) is 14.8. The average Bonchev–Trinajstić information content (AvgIpc) is 3.12. The second-order valence-electron chi connectivity index (χ2n) is 12.5. The number of pyridine rings is 1. The molecule has 0 unspecified atom stereocenters. The first-order valence-electron chi connectivity index (χ1n) is 16.5. The Morgan fingerprint density at radius 1 is 1.10 bits per heavy atom. The third-order valence-corrected chi connectivity index (χ3v) is 11.8. The molecule has 0 bridgehead atoms. The van der Waals surface area contributed by atoms with Crippen molar-refractivity contribution in [1.82, 2.24) is 14.6 Å². The number of nitrogens with zero attached hydrogens (tertiary/aromatic N) is 3. The molecule has 2 aliphatic rings. The first-order chi connectivity index (χ1) is 24.0. The van der Waals surface area contributed by atoms with Crippen molar-refractivity contribution in [2.45, 2.75) is 61.5 Å². The van der Waals surface area contributed by atoms with Gasteiger partial charge in [-0.2, -0.15) is 4.31 Å².